The van der Waals surface area contributed by atoms with Crippen molar-refractivity contribution in [2.24, 2.45) is 0 Å². The molecule has 0 fully saturated rings. The van der Waals surface area contributed by atoms with Crippen LogP contribution in [0.25, 0.3) is 3.58 Å². The van der Waals surface area contributed by atoms with Crippen LogP contribution in [0.3, 0.4) is 0 Å². The van der Waals surface area contributed by atoms with Gasteiger partial charge in [-0.15, -0.1) is 0 Å². The highest BCUT2D eigenvalue weighted by molar-refractivity contribution is 14.1. The van der Waals surface area contributed by atoms with Gasteiger partial charge in [0, 0.05) is 3.58 Å². The molecule has 4 nitrogen and oxygen atoms in total. The lowest BCUT2D eigenvalue weighted by Gasteiger charge is -2.10. The Morgan fingerprint density at radius 3 is 2.52 bits per heavy atom. The van der Waals surface area contributed by atoms with E-state index in [2.05, 4.69) is 27.3 Å². The van der Waals surface area contributed by atoms with Crippen LogP contribution in [0.15, 0.2) is 48.5 Å². The molecule has 0 aliphatic rings. The van der Waals surface area contributed by atoms with Crippen LogP contribution in [0.4, 0.5) is 4.39 Å². The summed E-state index contributed by atoms with van der Waals surface area (Å²) in [6.45, 7) is 2.13. The van der Waals surface area contributed by atoms with Gasteiger partial charge in [0.25, 0.3) is 0 Å². The molecule has 0 aromatic heterocycles. The molecule has 0 unspecified atom stereocenters. The van der Waals surface area contributed by atoms with Crippen LogP contribution in [0.5, 0.6) is 11.5 Å². The van der Waals surface area contributed by atoms with Crippen molar-refractivity contribution in [3.63, 3.8) is 0 Å². The first kappa shape index (κ1) is 19.2. The molecule has 0 N–H and O–H groups in total. The quantitative estimate of drug-likeness (QED) is 0.454. The molecule has 0 radical (unpaired) electrons. The number of carbonyl (C=O) groups is 1. The monoisotopic (exact) mass is 456 g/mol. The predicted molar refractivity (Wildman–Crippen MR) is 103 cm³/mol. The number of methoxy groups -OCH3 is 1. The maximum Gasteiger partial charge on any atom is 0.343 e. The molecule has 2 aromatic rings. The van der Waals surface area contributed by atoms with Crippen LogP contribution >= 0.6 is 22.6 Å². The average Bonchev–Trinajstić information content (AvgIpc) is 2.61. The number of halogens is 2. The van der Waals surface area contributed by atoms with Crippen molar-refractivity contribution in [1.82, 2.24) is 0 Å². The predicted octanol–water partition coefficient (Wildman–Crippen LogP) is 4.54. The number of benzene rings is 2. The Labute approximate surface area is 159 Å². The van der Waals surface area contributed by atoms with Crippen LogP contribution in [0, 0.1) is 12.7 Å². The van der Waals surface area contributed by atoms with Gasteiger partial charge >= 0.3 is 5.97 Å². The van der Waals surface area contributed by atoms with Crippen molar-refractivity contribution in [2.75, 3.05) is 20.3 Å². The third kappa shape index (κ3) is 6.04. The summed E-state index contributed by atoms with van der Waals surface area (Å²) in [5.74, 6) is 0.617. The Morgan fingerprint density at radius 2 is 1.88 bits per heavy atom. The van der Waals surface area contributed by atoms with Gasteiger partial charge in [0.05, 0.1) is 7.11 Å². The average molecular weight is 456 g/mol. The van der Waals surface area contributed by atoms with E-state index in [0.29, 0.717) is 18.1 Å². The molecule has 0 saturated carbocycles. The lowest BCUT2D eigenvalue weighted by atomic mass is 10.2. The molecule has 0 bridgehead atoms. The zero-order valence-electron chi connectivity index (χ0n) is 13.9. The van der Waals surface area contributed by atoms with Crippen molar-refractivity contribution in [1.29, 1.82) is 0 Å². The van der Waals surface area contributed by atoms with Crippen LogP contribution < -0.4 is 9.47 Å². The Morgan fingerprint density at radius 1 is 1.16 bits per heavy atom. The number of carbonyl (C=O) groups excluding carboxylic acids is 1. The van der Waals surface area contributed by atoms with E-state index in [0.717, 1.165) is 14.7 Å². The summed E-state index contributed by atoms with van der Waals surface area (Å²) >= 11 is 2.19. The zero-order valence-corrected chi connectivity index (χ0v) is 16.1. The summed E-state index contributed by atoms with van der Waals surface area (Å²) in [5.41, 5.74) is 1.80. The summed E-state index contributed by atoms with van der Waals surface area (Å²) in [7, 11) is 1.32. The molecule has 0 spiro atoms. The summed E-state index contributed by atoms with van der Waals surface area (Å²) in [6.07, 6.45) is 1.92. The fourth-order valence-electron chi connectivity index (χ4n) is 2.01. The minimum atomic E-state index is -0.430. The van der Waals surface area contributed by atoms with Gasteiger partial charge in [-0.3, -0.25) is 0 Å². The molecule has 0 atom stereocenters. The van der Waals surface area contributed by atoms with Crippen molar-refractivity contribution < 1.29 is 23.4 Å². The topological polar surface area (TPSA) is 44.8 Å². The lowest BCUT2D eigenvalue weighted by Crippen LogP contribution is -2.13. The van der Waals surface area contributed by atoms with Crippen molar-refractivity contribution in [3.8, 4) is 11.5 Å². The molecule has 6 heteroatoms. The summed E-state index contributed by atoms with van der Waals surface area (Å²) < 4.78 is 29.5. The van der Waals surface area contributed by atoms with Crippen LogP contribution in [0.1, 0.15) is 11.1 Å². The fourth-order valence-corrected chi connectivity index (χ4v) is 2.55. The molecule has 2 rings (SSSR count). The second kappa shape index (κ2) is 9.41. The summed E-state index contributed by atoms with van der Waals surface area (Å²) in [4.78, 5) is 11.1. The van der Waals surface area contributed by atoms with Gasteiger partial charge in [-0.25, -0.2) is 9.18 Å². The molecule has 0 aliphatic heterocycles. The van der Waals surface area contributed by atoms with E-state index in [1.54, 1.807) is 24.3 Å². The second-order valence-corrected chi connectivity index (χ2v) is 6.32. The van der Waals surface area contributed by atoms with Crippen LogP contribution in [-0.2, 0) is 9.53 Å². The molecule has 2 aromatic carbocycles. The van der Waals surface area contributed by atoms with Gasteiger partial charge in [0.15, 0.2) is 6.61 Å². The first-order valence-corrected chi connectivity index (χ1v) is 8.62. The van der Waals surface area contributed by atoms with Gasteiger partial charge in [-0.1, -0.05) is 12.1 Å². The van der Waals surface area contributed by atoms with Gasteiger partial charge in [0.1, 0.15) is 23.9 Å². The fraction of sp³-hybridized carbons (Fsp3) is 0.211. The molecule has 0 aliphatic carbocycles. The lowest BCUT2D eigenvalue weighted by molar-refractivity contribution is -0.142. The minimum Gasteiger partial charge on any atom is -0.489 e. The molecular formula is C19H18FIO4. The van der Waals surface area contributed by atoms with Crippen LogP contribution in [0.2, 0.25) is 0 Å². The number of ether oxygens (including phenoxy) is 3. The van der Waals surface area contributed by atoms with E-state index in [1.807, 2.05) is 19.1 Å². The first-order chi connectivity index (χ1) is 12.0. The van der Waals surface area contributed by atoms with Crippen molar-refractivity contribution >= 4 is 32.1 Å². The molecule has 0 amide bonds. The number of esters is 1. The van der Waals surface area contributed by atoms with E-state index in [1.165, 1.54) is 19.2 Å². The Balaban J connectivity index is 1.92. The highest BCUT2D eigenvalue weighted by atomic mass is 127. The minimum absolute atomic E-state index is 0.129. The number of hydrogen-bond acceptors (Lipinski definition) is 4. The molecule has 0 heterocycles. The maximum absolute atomic E-state index is 12.9. The molecule has 0 saturated heterocycles. The number of hydrogen-bond donors (Lipinski definition) is 0. The van der Waals surface area contributed by atoms with E-state index < -0.39 is 5.97 Å². The third-order valence-corrected chi connectivity index (χ3v) is 4.42. The largest absolute Gasteiger partial charge is 0.489 e. The third-order valence-electron chi connectivity index (χ3n) is 3.35. The Kier molecular flexibility index (Phi) is 7.24. The highest BCUT2D eigenvalue weighted by Gasteiger charge is 2.06. The van der Waals surface area contributed by atoms with Crippen molar-refractivity contribution in [2.45, 2.75) is 6.92 Å². The standard InChI is InChI=1S/C19H18FIO4/c1-13-11-16(7-8-18(13)25-12-19(22)23-2)24-10-9-17(21)14-3-5-15(20)6-4-14/h3-9,11H,10,12H2,1-2H3. The first-order valence-electron chi connectivity index (χ1n) is 7.54. The number of rotatable bonds is 7. The van der Waals surface area contributed by atoms with E-state index in [4.69, 9.17) is 9.47 Å². The van der Waals surface area contributed by atoms with Gasteiger partial charge < -0.3 is 14.2 Å². The molecular weight excluding hydrogens is 438 g/mol. The van der Waals surface area contributed by atoms with Crippen molar-refractivity contribution in [3.05, 3.63) is 65.5 Å². The smallest absolute Gasteiger partial charge is 0.343 e. The van der Waals surface area contributed by atoms with Gasteiger partial charge in [-0.2, -0.15) is 0 Å². The Hall–Kier alpha value is -2.09. The van der Waals surface area contributed by atoms with Crippen LogP contribution in [-0.4, -0.2) is 26.3 Å². The molecule has 25 heavy (non-hydrogen) atoms. The summed E-state index contributed by atoms with van der Waals surface area (Å²) in [6, 6.07) is 11.7. The highest BCUT2D eigenvalue weighted by Crippen LogP contribution is 2.25. The SMILES string of the molecule is COC(=O)COc1ccc(OCC=C(I)c2ccc(F)cc2)cc1C. The normalized spacial score (nSPS) is 11.1. The van der Waals surface area contributed by atoms with Gasteiger partial charge in [-0.05, 0) is 77.0 Å². The number of aryl methyl sites for hydroxylation is 1. The Bertz CT molecular complexity index is 757. The van der Waals surface area contributed by atoms with Gasteiger partial charge in [0.2, 0.25) is 0 Å². The maximum atomic E-state index is 12.9. The zero-order chi connectivity index (χ0) is 18.2. The summed E-state index contributed by atoms with van der Waals surface area (Å²) in [5, 5.41) is 0. The van der Waals surface area contributed by atoms with E-state index in [9.17, 15) is 9.18 Å². The molecule has 132 valence electrons. The second-order valence-electron chi connectivity index (χ2n) is 5.16. The van der Waals surface area contributed by atoms with E-state index >= 15 is 0 Å². The van der Waals surface area contributed by atoms with E-state index in [-0.39, 0.29) is 12.4 Å².